The van der Waals surface area contributed by atoms with Crippen LogP contribution in [0.2, 0.25) is 5.02 Å². The van der Waals surface area contributed by atoms with E-state index in [1.165, 1.54) is 44.5 Å². The van der Waals surface area contributed by atoms with Gasteiger partial charge in [0.25, 0.3) is 5.91 Å². The zero-order valence-corrected chi connectivity index (χ0v) is 19.0. The number of hydrogen-bond acceptors (Lipinski definition) is 5. The van der Waals surface area contributed by atoms with E-state index in [1.54, 1.807) is 18.5 Å². The maximum Gasteiger partial charge on any atom is 0.257 e. The van der Waals surface area contributed by atoms with Gasteiger partial charge in [-0.3, -0.25) is 4.79 Å². The van der Waals surface area contributed by atoms with Crippen LogP contribution in [0.3, 0.4) is 0 Å². The number of amides is 1. The Morgan fingerprint density at radius 3 is 2.44 bits per heavy atom. The van der Waals surface area contributed by atoms with Gasteiger partial charge in [-0.15, -0.1) is 0 Å². The van der Waals surface area contributed by atoms with Crippen molar-refractivity contribution in [3.8, 4) is 0 Å². The molecular weight excluding hydrogens is 422 g/mol. The molecule has 0 radical (unpaired) electrons. The molecule has 0 unspecified atom stereocenters. The van der Waals surface area contributed by atoms with Gasteiger partial charge in [0.15, 0.2) is 0 Å². The monoisotopic (exact) mass is 449 g/mol. The summed E-state index contributed by atoms with van der Waals surface area (Å²) in [6.45, 7) is 5.55. The Bertz CT molecular complexity index is 1030. The predicted molar refractivity (Wildman–Crippen MR) is 130 cm³/mol. The van der Waals surface area contributed by atoms with Crippen molar-refractivity contribution < 1.29 is 4.79 Å². The minimum absolute atomic E-state index is 0.280. The van der Waals surface area contributed by atoms with E-state index < -0.39 is 0 Å². The van der Waals surface area contributed by atoms with Gasteiger partial charge < -0.3 is 15.5 Å². The number of carbonyl (C=O) groups excluding carboxylic acids is 1. The van der Waals surface area contributed by atoms with E-state index >= 15 is 0 Å². The number of halogens is 1. The third-order valence-corrected chi connectivity index (χ3v) is 6.02. The van der Waals surface area contributed by atoms with Crippen molar-refractivity contribution in [3.05, 3.63) is 76.6 Å². The van der Waals surface area contributed by atoms with Gasteiger partial charge in [0.1, 0.15) is 0 Å². The SMILES string of the molecule is Cc1cccc(Cl)c1C(=O)Nc1cnc(Nc2ccc(CCCN3CCCC3)cc2)nc1. The molecule has 2 heterocycles. The summed E-state index contributed by atoms with van der Waals surface area (Å²) in [4.78, 5) is 23.7. The Labute approximate surface area is 194 Å². The lowest BCUT2D eigenvalue weighted by atomic mass is 10.1. The van der Waals surface area contributed by atoms with Crippen LogP contribution in [0.25, 0.3) is 0 Å². The third kappa shape index (κ3) is 5.84. The summed E-state index contributed by atoms with van der Waals surface area (Å²) in [5.41, 5.74) is 4.04. The first-order chi connectivity index (χ1) is 15.6. The second-order valence-corrected chi connectivity index (χ2v) is 8.56. The molecule has 1 fully saturated rings. The number of likely N-dealkylation sites (tertiary alicyclic amines) is 1. The number of anilines is 3. The van der Waals surface area contributed by atoms with Crippen LogP contribution in [0.5, 0.6) is 0 Å². The number of nitrogens with one attached hydrogen (secondary N) is 2. The van der Waals surface area contributed by atoms with Crippen molar-refractivity contribution in [1.82, 2.24) is 14.9 Å². The lowest BCUT2D eigenvalue weighted by molar-refractivity contribution is 0.102. The molecule has 1 aliphatic rings. The van der Waals surface area contributed by atoms with Crippen molar-refractivity contribution >= 4 is 34.8 Å². The van der Waals surface area contributed by atoms with E-state index in [4.69, 9.17) is 11.6 Å². The van der Waals surface area contributed by atoms with Gasteiger partial charge in [-0.2, -0.15) is 0 Å². The normalized spacial score (nSPS) is 13.8. The molecular formula is C25H28ClN5O. The first kappa shape index (κ1) is 22.2. The van der Waals surface area contributed by atoms with E-state index in [1.807, 2.05) is 31.2 Å². The molecule has 2 N–H and O–H groups in total. The van der Waals surface area contributed by atoms with Gasteiger partial charge in [-0.25, -0.2) is 9.97 Å². The average molecular weight is 450 g/mol. The van der Waals surface area contributed by atoms with E-state index in [0.29, 0.717) is 22.2 Å². The van der Waals surface area contributed by atoms with Gasteiger partial charge >= 0.3 is 0 Å². The fourth-order valence-corrected chi connectivity index (χ4v) is 4.27. The first-order valence-electron chi connectivity index (χ1n) is 11.1. The molecule has 1 aliphatic heterocycles. The maximum atomic E-state index is 12.5. The van der Waals surface area contributed by atoms with Gasteiger partial charge in [-0.1, -0.05) is 35.9 Å². The number of aromatic nitrogens is 2. The standard InChI is InChI=1S/C25H28ClN5O/c1-18-6-4-8-22(26)23(18)24(32)29-21-16-27-25(28-17-21)30-20-11-9-19(10-12-20)7-5-15-31-13-2-3-14-31/h4,6,8-12,16-17H,2-3,5,7,13-15H2,1H3,(H,29,32)(H,27,28,30). The van der Waals surface area contributed by atoms with E-state index in [-0.39, 0.29) is 5.91 Å². The molecule has 2 aromatic carbocycles. The van der Waals surface area contributed by atoms with Gasteiger partial charge in [0, 0.05) is 5.69 Å². The van der Waals surface area contributed by atoms with Crippen LogP contribution in [-0.4, -0.2) is 40.4 Å². The number of hydrogen-bond donors (Lipinski definition) is 2. The second-order valence-electron chi connectivity index (χ2n) is 8.16. The summed E-state index contributed by atoms with van der Waals surface area (Å²) >= 11 is 6.17. The quantitative estimate of drug-likeness (QED) is 0.477. The van der Waals surface area contributed by atoms with Gasteiger partial charge in [0.05, 0.1) is 28.7 Å². The summed E-state index contributed by atoms with van der Waals surface area (Å²) in [5.74, 6) is 0.191. The maximum absolute atomic E-state index is 12.5. The number of aryl methyl sites for hydroxylation is 2. The first-order valence-corrected chi connectivity index (χ1v) is 11.4. The fraction of sp³-hybridized carbons (Fsp3) is 0.320. The van der Waals surface area contributed by atoms with Crippen LogP contribution < -0.4 is 10.6 Å². The molecule has 3 aromatic rings. The smallest absolute Gasteiger partial charge is 0.257 e. The Morgan fingerprint density at radius 1 is 1.03 bits per heavy atom. The molecule has 32 heavy (non-hydrogen) atoms. The summed E-state index contributed by atoms with van der Waals surface area (Å²) in [6, 6.07) is 13.8. The van der Waals surface area contributed by atoms with Crippen LogP contribution >= 0.6 is 11.6 Å². The summed E-state index contributed by atoms with van der Waals surface area (Å²) < 4.78 is 0. The summed E-state index contributed by atoms with van der Waals surface area (Å²) in [6.07, 6.45) is 8.12. The molecule has 0 atom stereocenters. The molecule has 1 saturated heterocycles. The Balaban J connectivity index is 1.29. The van der Waals surface area contributed by atoms with Crippen LogP contribution in [0.4, 0.5) is 17.3 Å². The zero-order valence-electron chi connectivity index (χ0n) is 18.3. The second kappa shape index (κ2) is 10.6. The number of rotatable bonds is 8. The van der Waals surface area contributed by atoms with Crippen LogP contribution in [-0.2, 0) is 6.42 Å². The number of carbonyl (C=O) groups is 1. The number of nitrogens with zero attached hydrogens (tertiary/aromatic N) is 3. The van der Waals surface area contributed by atoms with Crippen LogP contribution in [0.15, 0.2) is 54.9 Å². The predicted octanol–water partition coefficient (Wildman–Crippen LogP) is 5.46. The van der Waals surface area contributed by atoms with Crippen molar-refractivity contribution in [3.63, 3.8) is 0 Å². The molecule has 0 spiro atoms. The summed E-state index contributed by atoms with van der Waals surface area (Å²) in [5, 5.41) is 6.41. The van der Waals surface area contributed by atoms with Gasteiger partial charge in [0.2, 0.25) is 5.95 Å². The van der Waals surface area contributed by atoms with Crippen molar-refractivity contribution in [2.75, 3.05) is 30.3 Å². The number of benzene rings is 2. The molecule has 0 aliphatic carbocycles. The van der Waals surface area contributed by atoms with Crippen LogP contribution in [0.1, 0.15) is 40.7 Å². The summed E-state index contributed by atoms with van der Waals surface area (Å²) in [7, 11) is 0. The van der Waals surface area contributed by atoms with E-state index in [2.05, 4.69) is 37.6 Å². The molecule has 166 valence electrons. The molecule has 1 aromatic heterocycles. The highest BCUT2D eigenvalue weighted by Crippen LogP contribution is 2.21. The lowest BCUT2D eigenvalue weighted by Gasteiger charge is -2.14. The largest absolute Gasteiger partial charge is 0.324 e. The Morgan fingerprint density at radius 2 is 1.75 bits per heavy atom. The minimum atomic E-state index is -0.280. The molecule has 1 amide bonds. The Hall–Kier alpha value is -2.96. The molecule has 6 nitrogen and oxygen atoms in total. The van der Waals surface area contributed by atoms with Crippen LogP contribution in [0, 0.1) is 6.92 Å². The Kier molecular flexibility index (Phi) is 7.35. The average Bonchev–Trinajstić information content (AvgIpc) is 3.30. The zero-order chi connectivity index (χ0) is 22.3. The minimum Gasteiger partial charge on any atom is -0.324 e. The van der Waals surface area contributed by atoms with Gasteiger partial charge in [-0.05, 0) is 81.6 Å². The topological polar surface area (TPSA) is 70.2 Å². The van der Waals surface area contributed by atoms with E-state index in [0.717, 1.165) is 17.7 Å². The van der Waals surface area contributed by atoms with Crippen molar-refractivity contribution in [1.29, 1.82) is 0 Å². The van der Waals surface area contributed by atoms with Crippen molar-refractivity contribution in [2.24, 2.45) is 0 Å². The van der Waals surface area contributed by atoms with E-state index in [9.17, 15) is 4.79 Å². The van der Waals surface area contributed by atoms with Crippen molar-refractivity contribution in [2.45, 2.75) is 32.6 Å². The highest BCUT2D eigenvalue weighted by molar-refractivity contribution is 6.34. The fourth-order valence-electron chi connectivity index (χ4n) is 3.97. The molecule has 0 bridgehead atoms. The molecule has 4 rings (SSSR count). The molecule has 7 heteroatoms. The third-order valence-electron chi connectivity index (χ3n) is 5.71. The lowest BCUT2D eigenvalue weighted by Crippen LogP contribution is -2.20. The highest BCUT2D eigenvalue weighted by Gasteiger charge is 2.14. The molecule has 0 saturated carbocycles. The highest BCUT2D eigenvalue weighted by atomic mass is 35.5.